The lowest BCUT2D eigenvalue weighted by Crippen LogP contribution is -1.85. The molecular formula is C16H16O. The van der Waals surface area contributed by atoms with Gasteiger partial charge in [-0.1, -0.05) is 48.6 Å². The number of ether oxygens (including phenoxy) is 1. The summed E-state index contributed by atoms with van der Waals surface area (Å²) in [5.74, 6) is 0.902. The molecule has 2 aromatic rings. The average Bonchev–Trinajstić information content (AvgIpc) is 2.38. The van der Waals surface area contributed by atoms with Gasteiger partial charge in [0.05, 0.1) is 7.11 Å². The van der Waals surface area contributed by atoms with Crippen LogP contribution in [0.5, 0.6) is 5.75 Å². The van der Waals surface area contributed by atoms with E-state index in [4.69, 9.17) is 4.74 Å². The number of rotatable bonds is 3. The first-order valence-electron chi connectivity index (χ1n) is 5.67. The van der Waals surface area contributed by atoms with Crippen molar-refractivity contribution in [2.24, 2.45) is 0 Å². The Bertz CT molecular complexity index is 512. The molecule has 0 N–H and O–H groups in total. The number of hydrogen-bond donors (Lipinski definition) is 0. The maximum Gasteiger partial charge on any atom is 0.119 e. The molecule has 0 aliphatic heterocycles. The van der Waals surface area contributed by atoms with E-state index in [1.54, 1.807) is 7.11 Å². The zero-order chi connectivity index (χ0) is 12.1. The first-order valence-corrected chi connectivity index (χ1v) is 5.67. The third-order valence-corrected chi connectivity index (χ3v) is 2.73. The molecule has 0 fully saturated rings. The van der Waals surface area contributed by atoms with Crippen LogP contribution in [0.15, 0.2) is 48.5 Å². The Hall–Kier alpha value is -2.02. The molecular weight excluding hydrogens is 208 g/mol. The van der Waals surface area contributed by atoms with Crippen LogP contribution in [0.1, 0.15) is 16.7 Å². The highest BCUT2D eigenvalue weighted by molar-refractivity contribution is 5.71. The normalized spacial score (nSPS) is 10.7. The fourth-order valence-electron chi connectivity index (χ4n) is 1.71. The summed E-state index contributed by atoms with van der Waals surface area (Å²) in [6.07, 6.45) is 4.25. The number of benzene rings is 2. The lowest BCUT2D eigenvalue weighted by Gasteiger charge is -2.04. The van der Waals surface area contributed by atoms with Gasteiger partial charge in [-0.25, -0.2) is 0 Å². The largest absolute Gasteiger partial charge is 0.497 e. The average molecular weight is 224 g/mol. The molecule has 0 aliphatic carbocycles. The maximum absolute atomic E-state index is 5.19. The molecule has 0 heterocycles. The van der Waals surface area contributed by atoms with Crippen LogP contribution in [0.4, 0.5) is 0 Å². The van der Waals surface area contributed by atoms with Crippen LogP contribution in [0, 0.1) is 6.92 Å². The van der Waals surface area contributed by atoms with Crippen LogP contribution in [-0.4, -0.2) is 7.11 Å². The standard InChI is InChI=1S/C16H16O/c1-13-12-16(17-2)11-10-15(13)9-8-14-6-4-3-5-7-14/h3-12H,1-2H3/b9-8+. The molecule has 0 amide bonds. The number of aryl methyl sites for hydroxylation is 1. The molecule has 0 bridgehead atoms. The van der Waals surface area contributed by atoms with Crippen LogP contribution in [0.2, 0.25) is 0 Å². The molecule has 2 rings (SSSR count). The van der Waals surface area contributed by atoms with E-state index in [2.05, 4.69) is 37.3 Å². The van der Waals surface area contributed by atoms with Gasteiger partial charge < -0.3 is 4.74 Å². The molecule has 1 nitrogen and oxygen atoms in total. The SMILES string of the molecule is COc1ccc(/C=C/c2ccccc2)c(C)c1. The second-order valence-electron chi connectivity index (χ2n) is 3.97. The summed E-state index contributed by atoms with van der Waals surface area (Å²) < 4.78 is 5.19. The molecule has 0 spiro atoms. The summed E-state index contributed by atoms with van der Waals surface area (Å²) in [5, 5.41) is 0. The summed E-state index contributed by atoms with van der Waals surface area (Å²) in [6.45, 7) is 2.09. The van der Waals surface area contributed by atoms with Gasteiger partial charge in [0.2, 0.25) is 0 Å². The quantitative estimate of drug-likeness (QED) is 0.711. The van der Waals surface area contributed by atoms with E-state index in [0.717, 1.165) is 5.75 Å². The van der Waals surface area contributed by atoms with Gasteiger partial charge in [-0.2, -0.15) is 0 Å². The predicted octanol–water partition coefficient (Wildman–Crippen LogP) is 4.17. The summed E-state index contributed by atoms with van der Waals surface area (Å²) in [5.41, 5.74) is 3.65. The molecule has 2 aromatic carbocycles. The predicted molar refractivity (Wildman–Crippen MR) is 73.1 cm³/mol. The minimum Gasteiger partial charge on any atom is -0.497 e. The molecule has 17 heavy (non-hydrogen) atoms. The van der Waals surface area contributed by atoms with E-state index in [-0.39, 0.29) is 0 Å². The first-order chi connectivity index (χ1) is 8.29. The fraction of sp³-hybridized carbons (Fsp3) is 0.125. The van der Waals surface area contributed by atoms with E-state index < -0.39 is 0 Å². The highest BCUT2D eigenvalue weighted by Crippen LogP contribution is 2.18. The molecule has 0 radical (unpaired) electrons. The third kappa shape index (κ3) is 2.97. The van der Waals surface area contributed by atoms with Gasteiger partial charge in [0.25, 0.3) is 0 Å². The lowest BCUT2D eigenvalue weighted by molar-refractivity contribution is 0.414. The molecule has 0 atom stereocenters. The Balaban J connectivity index is 2.22. The Morgan fingerprint density at radius 1 is 0.941 bits per heavy atom. The van der Waals surface area contributed by atoms with E-state index in [9.17, 15) is 0 Å². The summed E-state index contributed by atoms with van der Waals surface area (Å²) in [6, 6.07) is 16.4. The zero-order valence-electron chi connectivity index (χ0n) is 10.2. The lowest BCUT2D eigenvalue weighted by atomic mass is 10.1. The topological polar surface area (TPSA) is 9.23 Å². The van der Waals surface area contributed by atoms with Crippen molar-refractivity contribution in [3.63, 3.8) is 0 Å². The molecule has 1 heteroatoms. The molecule has 0 unspecified atom stereocenters. The van der Waals surface area contributed by atoms with Crippen LogP contribution >= 0.6 is 0 Å². The van der Waals surface area contributed by atoms with E-state index in [0.29, 0.717) is 0 Å². The Labute approximate surface area is 102 Å². The van der Waals surface area contributed by atoms with E-state index >= 15 is 0 Å². The van der Waals surface area contributed by atoms with Crippen molar-refractivity contribution in [1.82, 2.24) is 0 Å². The van der Waals surface area contributed by atoms with Crippen LogP contribution in [-0.2, 0) is 0 Å². The maximum atomic E-state index is 5.19. The Morgan fingerprint density at radius 2 is 1.71 bits per heavy atom. The van der Waals surface area contributed by atoms with Gasteiger partial charge in [-0.3, -0.25) is 0 Å². The monoisotopic (exact) mass is 224 g/mol. The van der Waals surface area contributed by atoms with Gasteiger partial charge in [-0.05, 0) is 35.7 Å². The van der Waals surface area contributed by atoms with Gasteiger partial charge in [0, 0.05) is 0 Å². The van der Waals surface area contributed by atoms with Gasteiger partial charge >= 0.3 is 0 Å². The minimum atomic E-state index is 0.902. The molecule has 86 valence electrons. The number of methoxy groups -OCH3 is 1. The fourth-order valence-corrected chi connectivity index (χ4v) is 1.71. The van der Waals surface area contributed by atoms with Crippen molar-refractivity contribution in [3.8, 4) is 5.75 Å². The highest BCUT2D eigenvalue weighted by atomic mass is 16.5. The third-order valence-electron chi connectivity index (χ3n) is 2.73. The Kier molecular flexibility index (Phi) is 3.61. The van der Waals surface area contributed by atoms with Crippen molar-refractivity contribution in [2.45, 2.75) is 6.92 Å². The Morgan fingerprint density at radius 3 is 2.35 bits per heavy atom. The summed E-state index contributed by atoms with van der Waals surface area (Å²) in [4.78, 5) is 0. The molecule has 0 aliphatic rings. The zero-order valence-corrected chi connectivity index (χ0v) is 10.2. The molecule has 0 saturated carbocycles. The van der Waals surface area contributed by atoms with Crippen molar-refractivity contribution in [1.29, 1.82) is 0 Å². The molecule has 0 saturated heterocycles. The highest BCUT2D eigenvalue weighted by Gasteiger charge is 1.96. The van der Waals surface area contributed by atoms with E-state index in [1.165, 1.54) is 16.7 Å². The van der Waals surface area contributed by atoms with Crippen LogP contribution in [0.25, 0.3) is 12.2 Å². The summed E-state index contributed by atoms with van der Waals surface area (Å²) in [7, 11) is 1.69. The smallest absolute Gasteiger partial charge is 0.119 e. The van der Waals surface area contributed by atoms with Gasteiger partial charge in [0.1, 0.15) is 5.75 Å². The second-order valence-corrected chi connectivity index (χ2v) is 3.97. The van der Waals surface area contributed by atoms with Crippen molar-refractivity contribution >= 4 is 12.2 Å². The minimum absolute atomic E-state index is 0.902. The summed E-state index contributed by atoms with van der Waals surface area (Å²) >= 11 is 0. The van der Waals surface area contributed by atoms with Crippen LogP contribution < -0.4 is 4.74 Å². The molecule has 0 aromatic heterocycles. The van der Waals surface area contributed by atoms with Gasteiger partial charge in [0.15, 0.2) is 0 Å². The van der Waals surface area contributed by atoms with Crippen LogP contribution in [0.3, 0.4) is 0 Å². The van der Waals surface area contributed by atoms with Gasteiger partial charge in [-0.15, -0.1) is 0 Å². The van der Waals surface area contributed by atoms with Crippen molar-refractivity contribution < 1.29 is 4.74 Å². The van der Waals surface area contributed by atoms with Crippen molar-refractivity contribution in [2.75, 3.05) is 7.11 Å². The van der Waals surface area contributed by atoms with E-state index in [1.807, 2.05) is 30.3 Å². The van der Waals surface area contributed by atoms with Crippen molar-refractivity contribution in [3.05, 3.63) is 65.2 Å². The first kappa shape index (κ1) is 11.5. The second kappa shape index (κ2) is 5.35. The number of hydrogen-bond acceptors (Lipinski definition) is 1.